The third-order valence-corrected chi connectivity index (χ3v) is 6.00. The van der Waals surface area contributed by atoms with Crippen LogP contribution in [0.5, 0.6) is 11.5 Å². The average molecular weight is 353 g/mol. The first-order valence-corrected chi connectivity index (χ1v) is 9.28. The number of methoxy groups -OCH3 is 2. The highest BCUT2D eigenvalue weighted by Gasteiger charge is 2.31. The zero-order chi connectivity index (χ0) is 17.6. The van der Waals surface area contributed by atoms with E-state index < -0.39 is 10.0 Å². The number of benzene rings is 1. The first-order chi connectivity index (χ1) is 11.5. The number of piperazine rings is 1. The highest BCUT2D eigenvalue weighted by molar-refractivity contribution is 7.89. The smallest absolute Gasteiger partial charge is 0.246 e. The lowest BCUT2D eigenvalue weighted by Gasteiger charge is -2.34. The second-order valence-electron chi connectivity index (χ2n) is 5.52. The van der Waals surface area contributed by atoms with Crippen molar-refractivity contribution in [3.63, 3.8) is 0 Å². The summed E-state index contributed by atoms with van der Waals surface area (Å²) in [5.41, 5.74) is 0. The van der Waals surface area contributed by atoms with E-state index in [9.17, 15) is 8.42 Å². The topological polar surface area (TPSA) is 82.9 Å². The fraction of sp³-hybridized carbons (Fsp3) is 0.562. The lowest BCUT2D eigenvalue weighted by molar-refractivity contribution is 0.187. The van der Waals surface area contributed by atoms with Gasteiger partial charge in [0.05, 0.1) is 20.3 Å². The molecular formula is C16H23N3O4S. The van der Waals surface area contributed by atoms with Crippen molar-refractivity contribution in [3.05, 3.63) is 18.2 Å². The first-order valence-electron chi connectivity index (χ1n) is 7.84. The molecule has 7 nitrogen and oxygen atoms in total. The van der Waals surface area contributed by atoms with E-state index in [1.54, 1.807) is 12.1 Å². The largest absolute Gasteiger partial charge is 0.497 e. The summed E-state index contributed by atoms with van der Waals surface area (Å²) in [4.78, 5) is 2.31. The Balaban J connectivity index is 2.11. The van der Waals surface area contributed by atoms with Crippen molar-refractivity contribution < 1.29 is 17.9 Å². The molecule has 1 aliphatic rings. The molecular weight excluding hydrogens is 330 g/mol. The van der Waals surface area contributed by atoms with Crippen molar-refractivity contribution in [2.75, 3.05) is 46.9 Å². The molecule has 8 heteroatoms. The van der Waals surface area contributed by atoms with Gasteiger partial charge in [-0.05, 0) is 25.1 Å². The third kappa shape index (κ3) is 4.17. The Kier molecular flexibility index (Phi) is 6.43. The lowest BCUT2D eigenvalue weighted by atomic mass is 10.3. The van der Waals surface area contributed by atoms with Crippen molar-refractivity contribution >= 4 is 10.0 Å². The summed E-state index contributed by atoms with van der Waals surface area (Å²) < 4.78 is 37.7. The number of rotatable bonds is 7. The minimum atomic E-state index is -3.64. The van der Waals surface area contributed by atoms with Gasteiger partial charge in [-0.1, -0.05) is 0 Å². The van der Waals surface area contributed by atoms with Gasteiger partial charge in [-0.3, -0.25) is 0 Å². The van der Waals surface area contributed by atoms with Crippen LogP contribution >= 0.6 is 0 Å². The zero-order valence-electron chi connectivity index (χ0n) is 14.1. The first kappa shape index (κ1) is 18.5. The molecule has 1 aromatic rings. The van der Waals surface area contributed by atoms with Gasteiger partial charge < -0.3 is 14.4 Å². The summed E-state index contributed by atoms with van der Waals surface area (Å²) in [6, 6.07) is 6.89. The molecule has 0 unspecified atom stereocenters. The predicted octanol–water partition coefficient (Wildman–Crippen LogP) is 1.31. The molecule has 1 heterocycles. The van der Waals surface area contributed by atoms with Gasteiger partial charge in [-0.25, -0.2) is 8.42 Å². The second kappa shape index (κ2) is 8.33. The Labute approximate surface area is 143 Å². The number of ether oxygens (including phenoxy) is 2. The summed E-state index contributed by atoms with van der Waals surface area (Å²) in [5.74, 6) is 0.789. The molecule has 2 rings (SSSR count). The highest BCUT2D eigenvalue weighted by atomic mass is 32.2. The SMILES string of the molecule is COc1ccc(OC)c(S(=O)(=O)N2CCN(CCCC#N)CC2)c1. The predicted molar refractivity (Wildman–Crippen MR) is 89.6 cm³/mol. The summed E-state index contributed by atoms with van der Waals surface area (Å²) in [7, 11) is -0.686. The minimum Gasteiger partial charge on any atom is -0.497 e. The van der Waals surface area contributed by atoms with Crippen LogP contribution in [0.15, 0.2) is 23.1 Å². The second-order valence-corrected chi connectivity index (χ2v) is 7.43. The van der Waals surface area contributed by atoms with Crippen LogP contribution in [0.2, 0.25) is 0 Å². The summed E-state index contributed by atoms with van der Waals surface area (Å²) >= 11 is 0. The van der Waals surface area contributed by atoms with Crippen LogP contribution in [0, 0.1) is 11.3 Å². The van der Waals surface area contributed by atoms with Crippen molar-refractivity contribution in [1.82, 2.24) is 9.21 Å². The molecule has 1 saturated heterocycles. The van der Waals surface area contributed by atoms with E-state index in [1.807, 2.05) is 0 Å². The van der Waals surface area contributed by atoms with Crippen LogP contribution in [0.3, 0.4) is 0 Å². The summed E-state index contributed by atoms with van der Waals surface area (Å²) in [5, 5.41) is 8.58. The van der Waals surface area contributed by atoms with Crippen molar-refractivity contribution in [1.29, 1.82) is 5.26 Å². The maximum atomic E-state index is 12.9. The van der Waals surface area contributed by atoms with E-state index in [2.05, 4.69) is 11.0 Å². The van der Waals surface area contributed by atoms with Crippen molar-refractivity contribution in [2.24, 2.45) is 0 Å². The molecule has 0 atom stereocenters. The van der Waals surface area contributed by atoms with E-state index in [0.717, 1.165) is 13.0 Å². The van der Waals surface area contributed by atoms with Crippen LogP contribution < -0.4 is 9.47 Å². The van der Waals surface area contributed by atoms with Crippen LogP contribution in [-0.4, -0.2) is 64.6 Å². The van der Waals surface area contributed by atoms with Crippen LogP contribution in [-0.2, 0) is 10.0 Å². The molecule has 24 heavy (non-hydrogen) atoms. The van der Waals surface area contributed by atoms with Crippen molar-refractivity contribution in [3.8, 4) is 17.6 Å². The van der Waals surface area contributed by atoms with Crippen LogP contribution in [0.1, 0.15) is 12.8 Å². The number of sulfonamides is 1. The number of unbranched alkanes of at least 4 members (excludes halogenated alkanes) is 1. The van der Waals surface area contributed by atoms with E-state index in [-0.39, 0.29) is 4.90 Å². The summed E-state index contributed by atoms with van der Waals surface area (Å²) in [6.07, 6.45) is 1.34. The van der Waals surface area contributed by atoms with Gasteiger partial charge in [0, 0.05) is 38.7 Å². The van der Waals surface area contributed by atoms with Gasteiger partial charge in [0.2, 0.25) is 10.0 Å². The molecule has 0 amide bonds. The molecule has 1 aliphatic heterocycles. The quantitative estimate of drug-likeness (QED) is 0.688. The monoisotopic (exact) mass is 353 g/mol. The van der Waals surface area contributed by atoms with E-state index in [0.29, 0.717) is 44.1 Å². The Morgan fingerprint density at radius 2 is 1.88 bits per heavy atom. The number of hydrogen-bond donors (Lipinski definition) is 0. The van der Waals surface area contributed by atoms with E-state index >= 15 is 0 Å². The standard InChI is InChI=1S/C16H23N3O4S/c1-22-14-5-6-15(23-2)16(13-14)24(20,21)19-11-9-18(10-12-19)8-4-3-7-17/h5-6,13H,3-4,8-12H2,1-2H3. The molecule has 0 bridgehead atoms. The molecule has 0 radical (unpaired) electrons. The zero-order valence-corrected chi connectivity index (χ0v) is 14.9. The van der Waals surface area contributed by atoms with Gasteiger partial charge in [0.25, 0.3) is 0 Å². The number of hydrogen-bond acceptors (Lipinski definition) is 6. The Hall–Kier alpha value is -1.82. The van der Waals surface area contributed by atoms with Crippen molar-refractivity contribution in [2.45, 2.75) is 17.7 Å². The summed E-state index contributed by atoms with van der Waals surface area (Å²) in [6.45, 7) is 3.00. The molecule has 0 spiro atoms. The normalized spacial score (nSPS) is 16.5. The van der Waals surface area contributed by atoms with E-state index in [1.165, 1.54) is 24.6 Å². The van der Waals surface area contributed by atoms with Gasteiger partial charge in [0.15, 0.2) is 0 Å². The molecule has 1 fully saturated rings. The van der Waals surface area contributed by atoms with Gasteiger partial charge in [-0.15, -0.1) is 0 Å². The fourth-order valence-electron chi connectivity index (χ4n) is 2.70. The molecule has 0 saturated carbocycles. The lowest BCUT2D eigenvalue weighted by Crippen LogP contribution is -2.48. The third-order valence-electron chi connectivity index (χ3n) is 4.08. The van der Waals surface area contributed by atoms with Gasteiger partial charge >= 0.3 is 0 Å². The maximum absolute atomic E-state index is 12.9. The van der Waals surface area contributed by atoms with Crippen LogP contribution in [0.4, 0.5) is 0 Å². The van der Waals surface area contributed by atoms with Gasteiger partial charge in [-0.2, -0.15) is 9.57 Å². The van der Waals surface area contributed by atoms with Crippen LogP contribution in [0.25, 0.3) is 0 Å². The molecule has 132 valence electrons. The molecule has 0 aromatic heterocycles. The molecule has 1 aromatic carbocycles. The Morgan fingerprint density at radius 1 is 1.17 bits per heavy atom. The highest BCUT2D eigenvalue weighted by Crippen LogP contribution is 2.31. The minimum absolute atomic E-state index is 0.127. The fourth-order valence-corrected chi connectivity index (χ4v) is 4.29. The Morgan fingerprint density at radius 3 is 2.46 bits per heavy atom. The maximum Gasteiger partial charge on any atom is 0.246 e. The van der Waals surface area contributed by atoms with E-state index in [4.69, 9.17) is 14.7 Å². The Bertz CT molecular complexity index is 692. The molecule has 0 aliphatic carbocycles. The number of nitriles is 1. The number of nitrogens with zero attached hydrogens (tertiary/aromatic N) is 3. The average Bonchev–Trinajstić information content (AvgIpc) is 2.61. The van der Waals surface area contributed by atoms with Gasteiger partial charge in [0.1, 0.15) is 16.4 Å². The molecule has 0 N–H and O–H groups in total.